The second-order valence-electron chi connectivity index (χ2n) is 11.1. The molecular weight excluding hydrogens is 406 g/mol. The molecule has 0 saturated heterocycles. The Balaban J connectivity index is 2.04. The average molecular weight is 452 g/mol. The Morgan fingerprint density at radius 3 is 1.72 bits per heavy atom. The highest BCUT2D eigenvalue weighted by Gasteiger charge is 2.35. The molecular formula is C25H45N3O4. The van der Waals surface area contributed by atoms with Gasteiger partial charge in [0, 0.05) is 12.1 Å². The predicted molar refractivity (Wildman–Crippen MR) is 126 cm³/mol. The molecule has 0 aromatic rings. The second-order valence-corrected chi connectivity index (χ2v) is 11.1. The van der Waals surface area contributed by atoms with Gasteiger partial charge in [-0.2, -0.15) is 0 Å². The lowest BCUT2D eigenvalue weighted by molar-refractivity contribution is -0.138. The Kier molecular flexibility index (Phi) is 9.83. The molecule has 184 valence electrons. The first-order valence-corrected chi connectivity index (χ1v) is 12.5. The van der Waals surface area contributed by atoms with Crippen LogP contribution in [0.25, 0.3) is 0 Å². The number of nitrogens with zero attached hydrogens (tertiary/aromatic N) is 1. The number of carbonyl (C=O) groups is 3. The third kappa shape index (κ3) is 7.66. The van der Waals surface area contributed by atoms with E-state index in [1.54, 1.807) is 0 Å². The van der Waals surface area contributed by atoms with Crippen molar-refractivity contribution in [2.24, 2.45) is 35.5 Å². The quantitative estimate of drug-likeness (QED) is 0.517. The SMILES string of the molecule is CC(C)[C@@H]1CC[C@@H](C)C[C@@H]1NC(=O)CN(CC(=O)O)C(=O)N[C@H]1C[C@H](C)CC[C@H]1C(C)C. The summed E-state index contributed by atoms with van der Waals surface area (Å²) < 4.78 is 0. The molecule has 2 rings (SSSR count). The summed E-state index contributed by atoms with van der Waals surface area (Å²) in [6.45, 7) is 12.4. The maximum Gasteiger partial charge on any atom is 0.323 e. The molecule has 2 fully saturated rings. The van der Waals surface area contributed by atoms with Gasteiger partial charge in [0.1, 0.15) is 13.1 Å². The first kappa shape index (κ1) is 26.5. The van der Waals surface area contributed by atoms with E-state index in [0.717, 1.165) is 37.0 Å². The zero-order valence-electron chi connectivity index (χ0n) is 20.9. The topological polar surface area (TPSA) is 98.7 Å². The van der Waals surface area contributed by atoms with E-state index in [4.69, 9.17) is 0 Å². The van der Waals surface area contributed by atoms with Crippen molar-refractivity contribution < 1.29 is 19.5 Å². The molecule has 0 aromatic carbocycles. The zero-order chi connectivity index (χ0) is 24.0. The molecule has 0 aromatic heterocycles. The van der Waals surface area contributed by atoms with Gasteiger partial charge in [0.2, 0.25) is 5.91 Å². The molecule has 6 atom stereocenters. The van der Waals surface area contributed by atoms with Gasteiger partial charge in [-0.05, 0) is 61.2 Å². The first-order valence-electron chi connectivity index (χ1n) is 12.5. The molecule has 3 amide bonds. The van der Waals surface area contributed by atoms with Gasteiger partial charge in [0.25, 0.3) is 0 Å². The van der Waals surface area contributed by atoms with Crippen molar-refractivity contribution in [1.82, 2.24) is 15.5 Å². The van der Waals surface area contributed by atoms with Gasteiger partial charge in [0.05, 0.1) is 0 Å². The van der Waals surface area contributed by atoms with Gasteiger partial charge in [-0.15, -0.1) is 0 Å². The van der Waals surface area contributed by atoms with Crippen molar-refractivity contribution in [2.45, 2.75) is 92.2 Å². The lowest BCUT2D eigenvalue weighted by atomic mass is 9.74. The Hall–Kier alpha value is -1.79. The molecule has 0 radical (unpaired) electrons. The van der Waals surface area contributed by atoms with Gasteiger partial charge in [-0.25, -0.2) is 4.79 Å². The molecule has 2 aliphatic rings. The number of amides is 3. The lowest BCUT2D eigenvalue weighted by Gasteiger charge is -2.39. The molecule has 0 heterocycles. The van der Waals surface area contributed by atoms with Gasteiger partial charge in [-0.3, -0.25) is 9.59 Å². The molecule has 32 heavy (non-hydrogen) atoms. The molecule has 3 N–H and O–H groups in total. The highest BCUT2D eigenvalue weighted by Crippen LogP contribution is 2.34. The van der Waals surface area contributed by atoms with Crippen molar-refractivity contribution in [3.63, 3.8) is 0 Å². The summed E-state index contributed by atoms with van der Waals surface area (Å²) in [5, 5.41) is 15.5. The van der Waals surface area contributed by atoms with Gasteiger partial charge in [0.15, 0.2) is 0 Å². The molecule has 2 saturated carbocycles. The van der Waals surface area contributed by atoms with Crippen LogP contribution in [0.5, 0.6) is 0 Å². The average Bonchev–Trinajstić information content (AvgIpc) is 2.66. The van der Waals surface area contributed by atoms with E-state index in [2.05, 4.69) is 52.2 Å². The van der Waals surface area contributed by atoms with Crippen LogP contribution in [0, 0.1) is 35.5 Å². The minimum atomic E-state index is -1.11. The summed E-state index contributed by atoms with van der Waals surface area (Å²) in [6.07, 6.45) is 6.26. The Bertz CT molecular complexity index is 651. The number of hydrogen-bond donors (Lipinski definition) is 3. The summed E-state index contributed by atoms with van der Waals surface area (Å²) >= 11 is 0. The monoisotopic (exact) mass is 451 g/mol. The number of rotatable bonds is 8. The third-order valence-corrected chi connectivity index (χ3v) is 7.65. The highest BCUT2D eigenvalue weighted by molar-refractivity contribution is 5.87. The van der Waals surface area contributed by atoms with Crippen LogP contribution in [0.1, 0.15) is 80.1 Å². The van der Waals surface area contributed by atoms with Crippen molar-refractivity contribution >= 4 is 17.9 Å². The van der Waals surface area contributed by atoms with Gasteiger partial charge in [-0.1, -0.05) is 54.4 Å². The Morgan fingerprint density at radius 1 is 0.812 bits per heavy atom. The normalized spacial score (nSPS) is 30.8. The van der Waals surface area contributed by atoms with E-state index in [0.29, 0.717) is 35.5 Å². The number of carboxylic acid groups (broad SMARTS) is 1. The van der Waals surface area contributed by atoms with Crippen LogP contribution in [-0.4, -0.2) is 53.1 Å². The summed E-state index contributed by atoms with van der Waals surface area (Å²) in [7, 11) is 0. The molecule has 0 bridgehead atoms. The van der Waals surface area contributed by atoms with Crippen LogP contribution in [0.2, 0.25) is 0 Å². The Morgan fingerprint density at radius 2 is 1.28 bits per heavy atom. The highest BCUT2D eigenvalue weighted by atomic mass is 16.4. The van der Waals surface area contributed by atoms with E-state index in [9.17, 15) is 19.5 Å². The molecule has 7 heteroatoms. The predicted octanol–water partition coefficient (Wildman–Crippen LogP) is 4.12. The fourth-order valence-corrected chi connectivity index (χ4v) is 5.77. The smallest absolute Gasteiger partial charge is 0.323 e. The molecule has 2 aliphatic carbocycles. The van der Waals surface area contributed by atoms with Crippen LogP contribution < -0.4 is 10.6 Å². The largest absolute Gasteiger partial charge is 0.480 e. The van der Waals surface area contributed by atoms with Gasteiger partial charge < -0.3 is 20.6 Å². The number of carbonyl (C=O) groups excluding carboxylic acids is 2. The minimum absolute atomic E-state index is 0.00937. The molecule has 0 unspecified atom stereocenters. The fourth-order valence-electron chi connectivity index (χ4n) is 5.77. The number of hydrogen-bond acceptors (Lipinski definition) is 3. The number of carboxylic acids is 1. The standard InChI is InChI=1S/C25H45N3O4/c1-15(2)19-9-7-17(5)11-21(19)26-23(29)13-28(14-24(30)31)25(32)27-22-12-18(6)8-10-20(22)16(3)4/h15-22H,7-14H2,1-6H3,(H,26,29)(H,27,32)(H,30,31)/t17-,18-,19+,20+,21+,22+/m1/s1. The summed E-state index contributed by atoms with van der Waals surface area (Å²) in [5.74, 6) is 1.36. The maximum atomic E-state index is 13.0. The van der Waals surface area contributed by atoms with Crippen LogP contribution in [0.15, 0.2) is 0 Å². The molecule has 0 spiro atoms. The fraction of sp³-hybridized carbons (Fsp3) is 0.880. The number of urea groups is 1. The first-order chi connectivity index (χ1) is 15.0. The van der Waals surface area contributed by atoms with Crippen LogP contribution in [0.3, 0.4) is 0 Å². The number of nitrogens with one attached hydrogen (secondary N) is 2. The van der Waals surface area contributed by atoms with Crippen molar-refractivity contribution in [1.29, 1.82) is 0 Å². The molecule has 7 nitrogen and oxygen atoms in total. The van der Waals surface area contributed by atoms with Crippen LogP contribution >= 0.6 is 0 Å². The number of aliphatic carboxylic acids is 1. The van der Waals surface area contributed by atoms with Crippen LogP contribution in [0.4, 0.5) is 4.79 Å². The van der Waals surface area contributed by atoms with E-state index in [1.807, 2.05) is 0 Å². The minimum Gasteiger partial charge on any atom is -0.480 e. The maximum absolute atomic E-state index is 13.0. The van der Waals surface area contributed by atoms with E-state index in [-0.39, 0.29) is 24.5 Å². The Labute approximate surface area is 194 Å². The van der Waals surface area contributed by atoms with Gasteiger partial charge >= 0.3 is 12.0 Å². The van der Waals surface area contributed by atoms with Crippen molar-refractivity contribution in [3.8, 4) is 0 Å². The lowest BCUT2D eigenvalue weighted by Crippen LogP contribution is -2.55. The van der Waals surface area contributed by atoms with E-state index >= 15 is 0 Å². The van der Waals surface area contributed by atoms with Crippen molar-refractivity contribution in [2.75, 3.05) is 13.1 Å². The summed E-state index contributed by atoms with van der Waals surface area (Å²) in [4.78, 5) is 38.5. The molecule has 0 aliphatic heterocycles. The second kappa shape index (κ2) is 11.9. The van der Waals surface area contributed by atoms with E-state index in [1.165, 1.54) is 6.42 Å². The van der Waals surface area contributed by atoms with Crippen molar-refractivity contribution in [3.05, 3.63) is 0 Å². The third-order valence-electron chi connectivity index (χ3n) is 7.65. The summed E-state index contributed by atoms with van der Waals surface area (Å²) in [6, 6.07) is -0.370. The zero-order valence-corrected chi connectivity index (χ0v) is 20.9. The van der Waals surface area contributed by atoms with Crippen LogP contribution in [-0.2, 0) is 9.59 Å². The van der Waals surface area contributed by atoms with E-state index < -0.39 is 18.5 Å². The summed E-state index contributed by atoms with van der Waals surface area (Å²) in [5.41, 5.74) is 0.